The fraction of sp³-hybridized carbons (Fsp3) is 0. The largest absolute Gasteiger partial charge is 0.307 e. The molecule has 0 bridgehead atoms. The molecule has 0 radical (unpaired) electrons. The van der Waals surface area contributed by atoms with E-state index in [0.29, 0.717) is 16.5 Å². The third-order valence-corrected chi connectivity index (χ3v) is 3.24. The van der Waals surface area contributed by atoms with Gasteiger partial charge < -0.3 is 5.43 Å². The Bertz CT molecular complexity index is 518. The molecule has 0 aliphatic rings. The predicted octanol–water partition coefficient (Wildman–Crippen LogP) is 2.85. The summed E-state index contributed by atoms with van der Waals surface area (Å²) < 4.78 is 0.806. The summed E-state index contributed by atoms with van der Waals surface area (Å²) in [5.41, 5.74) is 4.08. The van der Waals surface area contributed by atoms with Crippen LogP contribution in [0.4, 0.5) is 5.82 Å². The Balaban J connectivity index is 2.54. The number of hydrazine groups is 1. The molecule has 0 amide bonds. The van der Waals surface area contributed by atoms with Crippen LogP contribution in [0.2, 0.25) is 5.02 Å². The third-order valence-electron chi connectivity index (χ3n) is 2.03. The monoisotopic (exact) mass is 298 g/mol. The fourth-order valence-corrected chi connectivity index (χ4v) is 1.79. The normalized spacial score (nSPS) is 10.2. The van der Waals surface area contributed by atoms with E-state index in [1.165, 1.54) is 0 Å². The van der Waals surface area contributed by atoms with Crippen molar-refractivity contribution in [3.8, 4) is 11.3 Å². The van der Waals surface area contributed by atoms with Gasteiger partial charge in [-0.25, -0.2) is 10.8 Å². The summed E-state index contributed by atoms with van der Waals surface area (Å²) in [4.78, 5) is 8.30. The first-order valence-electron chi connectivity index (χ1n) is 4.45. The van der Waals surface area contributed by atoms with Crippen LogP contribution in [0.25, 0.3) is 11.3 Å². The number of hydrogen-bond acceptors (Lipinski definition) is 4. The van der Waals surface area contributed by atoms with Crippen molar-refractivity contribution in [2.24, 2.45) is 5.84 Å². The maximum absolute atomic E-state index is 5.92. The maximum Gasteiger partial charge on any atom is 0.166 e. The molecular weight excluding hydrogens is 291 g/mol. The van der Waals surface area contributed by atoms with Crippen LogP contribution < -0.4 is 11.3 Å². The topological polar surface area (TPSA) is 63.8 Å². The molecule has 0 aliphatic carbocycles. The van der Waals surface area contributed by atoms with Gasteiger partial charge in [0.1, 0.15) is 5.69 Å². The van der Waals surface area contributed by atoms with Crippen molar-refractivity contribution in [1.82, 2.24) is 9.97 Å². The zero-order chi connectivity index (χ0) is 11.5. The van der Waals surface area contributed by atoms with E-state index in [9.17, 15) is 0 Å². The molecule has 0 atom stereocenters. The van der Waals surface area contributed by atoms with E-state index < -0.39 is 0 Å². The lowest BCUT2D eigenvalue weighted by molar-refractivity contribution is 1.16. The van der Waals surface area contributed by atoms with E-state index in [1.54, 1.807) is 18.5 Å². The van der Waals surface area contributed by atoms with Crippen LogP contribution in [0.15, 0.2) is 35.1 Å². The van der Waals surface area contributed by atoms with Crippen LogP contribution in [-0.2, 0) is 0 Å². The van der Waals surface area contributed by atoms with Gasteiger partial charge in [0.05, 0.1) is 5.02 Å². The molecule has 2 aromatic rings. The SMILES string of the molecule is NNc1nccnc1-c1ccc(Cl)c(Br)c1. The molecule has 0 fully saturated rings. The van der Waals surface area contributed by atoms with E-state index in [0.717, 1.165) is 10.0 Å². The van der Waals surface area contributed by atoms with Crippen LogP contribution in [-0.4, -0.2) is 9.97 Å². The first kappa shape index (κ1) is 11.3. The molecular formula is C10H8BrClN4. The molecule has 6 heteroatoms. The Morgan fingerprint density at radius 2 is 2.00 bits per heavy atom. The predicted molar refractivity (Wildman–Crippen MR) is 68.0 cm³/mol. The lowest BCUT2D eigenvalue weighted by Gasteiger charge is -2.07. The lowest BCUT2D eigenvalue weighted by atomic mass is 10.1. The van der Waals surface area contributed by atoms with Crippen molar-refractivity contribution in [3.05, 3.63) is 40.1 Å². The number of rotatable bonds is 2. The average molecular weight is 300 g/mol. The number of halogens is 2. The molecule has 1 aromatic carbocycles. The van der Waals surface area contributed by atoms with Crippen molar-refractivity contribution in [2.75, 3.05) is 5.43 Å². The number of nitrogens with two attached hydrogens (primary N) is 1. The van der Waals surface area contributed by atoms with Gasteiger partial charge in [0.15, 0.2) is 5.82 Å². The Kier molecular flexibility index (Phi) is 3.38. The van der Waals surface area contributed by atoms with E-state index in [4.69, 9.17) is 17.4 Å². The summed E-state index contributed by atoms with van der Waals surface area (Å²) in [5.74, 6) is 5.89. The Labute approximate surface area is 106 Å². The number of hydrogen-bond donors (Lipinski definition) is 2. The van der Waals surface area contributed by atoms with Gasteiger partial charge in [-0.2, -0.15) is 0 Å². The summed E-state index contributed by atoms with van der Waals surface area (Å²) in [6.07, 6.45) is 3.18. The van der Waals surface area contributed by atoms with Crippen molar-refractivity contribution in [2.45, 2.75) is 0 Å². The zero-order valence-corrected chi connectivity index (χ0v) is 10.5. The van der Waals surface area contributed by atoms with Crippen LogP contribution >= 0.6 is 27.5 Å². The number of anilines is 1. The number of aromatic nitrogens is 2. The highest BCUT2D eigenvalue weighted by molar-refractivity contribution is 9.10. The van der Waals surface area contributed by atoms with Crippen molar-refractivity contribution in [3.63, 3.8) is 0 Å². The minimum Gasteiger partial charge on any atom is -0.307 e. The van der Waals surface area contributed by atoms with Gasteiger partial charge in [-0.15, -0.1) is 0 Å². The van der Waals surface area contributed by atoms with Gasteiger partial charge >= 0.3 is 0 Å². The smallest absolute Gasteiger partial charge is 0.166 e. The molecule has 3 N–H and O–H groups in total. The summed E-state index contributed by atoms with van der Waals surface area (Å²) in [5, 5.41) is 0.648. The third kappa shape index (κ3) is 2.16. The second kappa shape index (κ2) is 4.78. The quantitative estimate of drug-likeness (QED) is 0.661. The molecule has 16 heavy (non-hydrogen) atoms. The van der Waals surface area contributed by atoms with Crippen LogP contribution in [0, 0.1) is 0 Å². The molecule has 0 unspecified atom stereocenters. The number of nitrogen functional groups attached to an aromatic ring is 1. The molecule has 1 heterocycles. The van der Waals surface area contributed by atoms with Gasteiger partial charge in [-0.1, -0.05) is 17.7 Å². The van der Waals surface area contributed by atoms with Crippen LogP contribution in [0.5, 0.6) is 0 Å². The molecule has 4 nitrogen and oxygen atoms in total. The molecule has 0 spiro atoms. The minimum absolute atomic E-state index is 0.525. The molecule has 0 saturated heterocycles. The molecule has 0 aliphatic heterocycles. The van der Waals surface area contributed by atoms with Gasteiger partial charge in [0.2, 0.25) is 0 Å². The second-order valence-corrected chi connectivity index (χ2v) is 4.29. The second-order valence-electron chi connectivity index (χ2n) is 3.03. The number of nitrogens with one attached hydrogen (secondary N) is 1. The number of benzene rings is 1. The Morgan fingerprint density at radius 1 is 1.25 bits per heavy atom. The summed E-state index contributed by atoms with van der Waals surface area (Å²) >= 11 is 9.28. The van der Waals surface area contributed by atoms with Gasteiger partial charge in [-0.05, 0) is 28.1 Å². The van der Waals surface area contributed by atoms with E-state index >= 15 is 0 Å². The first-order chi connectivity index (χ1) is 7.72. The van der Waals surface area contributed by atoms with Crippen LogP contribution in [0.3, 0.4) is 0 Å². The fourth-order valence-electron chi connectivity index (χ4n) is 1.30. The van der Waals surface area contributed by atoms with Gasteiger partial charge in [0.25, 0.3) is 0 Å². The molecule has 1 aromatic heterocycles. The Morgan fingerprint density at radius 3 is 2.69 bits per heavy atom. The van der Waals surface area contributed by atoms with Gasteiger partial charge in [0, 0.05) is 22.4 Å². The standard InChI is InChI=1S/C10H8BrClN4/c11-7-5-6(1-2-8(7)12)9-10(16-13)15-4-3-14-9/h1-5H,13H2,(H,15,16). The number of nitrogens with zero attached hydrogens (tertiary/aromatic N) is 2. The summed E-state index contributed by atoms with van der Waals surface area (Å²) in [7, 11) is 0. The van der Waals surface area contributed by atoms with E-state index in [2.05, 4.69) is 31.3 Å². The average Bonchev–Trinajstić information content (AvgIpc) is 2.32. The highest BCUT2D eigenvalue weighted by Gasteiger charge is 2.08. The summed E-state index contributed by atoms with van der Waals surface area (Å²) in [6.45, 7) is 0. The summed E-state index contributed by atoms with van der Waals surface area (Å²) in [6, 6.07) is 5.51. The van der Waals surface area contributed by atoms with Crippen LogP contribution in [0.1, 0.15) is 0 Å². The molecule has 0 saturated carbocycles. The van der Waals surface area contributed by atoms with Crippen molar-refractivity contribution >= 4 is 33.3 Å². The highest BCUT2D eigenvalue weighted by Crippen LogP contribution is 2.30. The Hall–Kier alpha value is -1.17. The minimum atomic E-state index is 0.525. The van der Waals surface area contributed by atoms with E-state index in [-0.39, 0.29) is 0 Å². The highest BCUT2D eigenvalue weighted by atomic mass is 79.9. The zero-order valence-electron chi connectivity index (χ0n) is 8.11. The molecule has 2 rings (SSSR count). The first-order valence-corrected chi connectivity index (χ1v) is 5.62. The lowest BCUT2D eigenvalue weighted by Crippen LogP contribution is -2.10. The van der Waals surface area contributed by atoms with E-state index in [1.807, 2.05) is 12.1 Å². The maximum atomic E-state index is 5.92. The van der Waals surface area contributed by atoms with Gasteiger partial charge in [-0.3, -0.25) is 4.98 Å². The van der Waals surface area contributed by atoms with Crippen molar-refractivity contribution in [1.29, 1.82) is 0 Å². The molecule has 82 valence electrons. The van der Waals surface area contributed by atoms with Crippen molar-refractivity contribution < 1.29 is 0 Å².